The molecule has 0 aliphatic heterocycles. The van der Waals surface area contributed by atoms with Gasteiger partial charge in [0, 0.05) is 5.92 Å². The summed E-state index contributed by atoms with van der Waals surface area (Å²) in [5.41, 5.74) is 6.52. The van der Waals surface area contributed by atoms with Gasteiger partial charge < -0.3 is 4.42 Å². The summed E-state index contributed by atoms with van der Waals surface area (Å²) >= 11 is 0. The van der Waals surface area contributed by atoms with E-state index in [1.807, 2.05) is 6.07 Å². The maximum absolute atomic E-state index is 6.06. The highest BCUT2D eigenvalue weighted by molar-refractivity contribution is 5.92. The van der Waals surface area contributed by atoms with Crippen molar-refractivity contribution in [2.75, 3.05) is 0 Å². The van der Waals surface area contributed by atoms with Crippen LogP contribution in [0.3, 0.4) is 0 Å². The van der Waals surface area contributed by atoms with Gasteiger partial charge in [0.25, 0.3) is 5.82 Å². The number of fused-ring (bicyclic) bond motifs is 2. The fraction of sp³-hybridized carbons (Fsp3) is 0.391. The predicted octanol–water partition coefficient (Wildman–Crippen LogP) is 5.46. The first-order valence-corrected chi connectivity index (χ1v) is 9.60. The van der Waals surface area contributed by atoms with Crippen LogP contribution in [0.25, 0.3) is 33.5 Å². The molecule has 0 atom stereocenters. The minimum atomic E-state index is -0.0740. The Morgan fingerprint density at radius 3 is 2.44 bits per heavy atom. The second kappa shape index (κ2) is 5.95. The second-order valence-electron chi connectivity index (χ2n) is 8.69. The molecule has 0 unspecified atom stereocenters. The topological polar surface area (TPSA) is 34.8 Å². The largest absolute Gasteiger partial charge is 0.440 e. The maximum atomic E-state index is 6.06. The van der Waals surface area contributed by atoms with E-state index in [4.69, 9.17) is 9.40 Å². The summed E-state index contributed by atoms with van der Waals surface area (Å²) in [6.07, 6.45) is 0. The van der Waals surface area contributed by atoms with E-state index in [2.05, 4.69) is 88.1 Å². The smallest absolute Gasteiger partial charge is 0.292 e. The molecule has 4 aromatic rings. The Morgan fingerprint density at radius 2 is 1.78 bits per heavy atom. The maximum Gasteiger partial charge on any atom is 0.292 e. The van der Waals surface area contributed by atoms with Crippen LogP contribution in [-0.4, -0.2) is 9.55 Å². The van der Waals surface area contributed by atoms with Crippen LogP contribution in [0.1, 0.15) is 52.0 Å². The van der Waals surface area contributed by atoms with Gasteiger partial charge in [-0.15, -0.1) is 0 Å². The van der Waals surface area contributed by atoms with E-state index in [0.29, 0.717) is 0 Å². The third-order valence-electron chi connectivity index (χ3n) is 5.19. The van der Waals surface area contributed by atoms with Gasteiger partial charge in [0.15, 0.2) is 22.5 Å². The standard InChI is InChI=1S/C23H28N3O/c1-14(2)21-24-20-18(27-21)13-12-15(3)19(20)22-25(7)16-10-8-9-11-17(16)26(22)23(4,5)6/h8-14H,1-7H3/q+1. The van der Waals surface area contributed by atoms with Gasteiger partial charge in [-0.05, 0) is 51.5 Å². The zero-order valence-corrected chi connectivity index (χ0v) is 17.3. The Hall–Kier alpha value is -2.62. The van der Waals surface area contributed by atoms with E-state index >= 15 is 0 Å². The number of benzene rings is 2. The molecule has 0 fully saturated rings. The van der Waals surface area contributed by atoms with Crippen LogP contribution in [0.4, 0.5) is 0 Å². The van der Waals surface area contributed by atoms with Crippen molar-refractivity contribution in [2.24, 2.45) is 7.05 Å². The third kappa shape index (κ3) is 2.66. The Bertz CT molecular complexity index is 1160. The average molecular weight is 362 g/mol. The van der Waals surface area contributed by atoms with Gasteiger partial charge in [-0.25, -0.2) is 14.1 Å². The van der Waals surface area contributed by atoms with E-state index in [1.54, 1.807) is 0 Å². The number of aromatic nitrogens is 3. The highest BCUT2D eigenvalue weighted by atomic mass is 16.3. The minimum absolute atomic E-state index is 0.0740. The monoisotopic (exact) mass is 362 g/mol. The zero-order chi connectivity index (χ0) is 19.5. The van der Waals surface area contributed by atoms with Gasteiger partial charge in [0.2, 0.25) is 0 Å². The molecule has 0 radical (unpaired) electrons. The molecular weight excluding hydrogens is 334 g/mol. The number of imidazole rings is 1. The van der Waals surface area contributed by atoms with Crippen molar-refractivity contribution in [3.05, 3.63) is 47.9 Å². The quantitative estimate of drug-likeness (QED) is 0.444. The molecule has 27 heavy (non-hydrogen) atoms. The van der Waals surface area contributed by atoms with Gasteiger partial charge in [-0.1, -0.05) is 32.0 Å². The Morgan fingerprint density at radius 1 is 1.07 bits per heavy atom. The fourth-order valence-electron chi connectivity index (χ4n) is 3.91. The van der Waals surface area contributed by atoms with Gasteiger partial charge in [-0.2, -0.15) is 0 Å². The van der Waals surface area contributed by atoms with Crippen LogP contribution in [0.2, 0.25) is 0 Å². The SMILES string of the molecule is Cc1ccc2oc(C(C)C)nc2c1-c1n(C(C)(C)C)c2ccccc2[n+]1C. The van der Waals surface area contributed by atoms with Crippen LogP contribution in [0, 0.1) is 6.92 Å². The van der Waals surface area contributed by atoms with Crippen molar-refractivity contribution in [2.45, 2.75) is 53.0 Å². The number of para-hydroxylation sites is 2. The van der Waals surface area contributed by atoms with Crippen LogP contribution in [0.5, 0.6) is 0 Å². The summed E-state index contributed by atoms with van der Waals surface area (Å²) in [6, 6.07) is 12.8. The molecule has 0 aliphatic carbocycles. The van der Waals surface area contributed by atoms with Crippen molar-refractivity contribution in [1.82, 2.24) is 9.55 Å². The van der Waals surface area contributed by atoms with E-state index in [0.717, 1.165) is 28.4 Å². The summed E-state index contributed by atoms with van der Waals surface area (Å²) in [6.45, 7) is 13.1. The van der Waals surface area contributed by atoms with Crippen molar-refractivity contribution in [3.63, 3.8) is 0 Å². The molecule has 4 rings (SSSR count). The Balaban J connectivity index is 2.18. The van der Waals surface area contributed by atoms with Gasteiger partial charge >= 0.3 is 0 Å². The molecule has 0 saturated carbocycles. The van der Waals surface area contributed by atoms with Crippen LogP contribution < -0.4 is 4.57 Å². The molecule has 0 aliphatic rings. The molecule has 2 aromatic heterocycles. The van der Waals surface area contributed by atoms with E-state index in [-0.39, 0.29) is 11.5 Å². The fourth-order valence-corrected chi connectivity index (χ4v) is 3.91. The minimum Gasteiger partial charge on any atom is -0.440 e. The van der Waals surface area contributed by atoms with Gasteiger partial charge in [-0.3, -0.25) is 0 Å². The Labute approximate surface area is 160 Å². The lowest BCUT2D eigenvalue weighted by molar-refractivity contribution is -0.634. The summed E-state index contributed by atoms with van der Waals surface area (Å²) in [5.74, 6) is 2.21. The highest BCUT2D eigenvalue weighted by Gasteiger charge is 2.34. The molecule has 0 amide bonds. The second-order valence-corrected chi connectivity index (χ2v) is 8.69. The van der Waals surface area contributed by atoms with Crippen molar-refractivity contribution < 1.29 is 8.98 Å². The lowest BCUT2D eigenvalue weighted by Crippen LogP contribution is -2.33. The number of oxazole rings is 1. The van der Waals surface area contributed by atoms with Crippen LogP contribution in [0.15, 0.2) is 40.8 Å². The molecule has 0 N–H and O–H groups in total. The lowest BCUT2D eigenvalue weighted by Gasteiger charge is -2.19. The molecular formula is C23H28N3O+. The molecule has 140 valence electrons. The number of aryl methyl sites for hydroxylation is 2. The number of nitrogens with zero attached hydrogens (tertiary/aromatic N) is 3. The Kier molecular flexibility index (Phi) is 3.91. The lowest BCUT2D eigenvalue weighted by atomic mass is 10.0. The molecule has 2 aromatic carbocycles. The molecule has 0 saturated heterocycles. The summed E-state index contributed by atoms with van der Waals surface area (Å²) in [5, 5.41) is 0. The van der Waals surface area contributed by atoms with Crippen molar-refractivity contribution >= 4 is 22.1 Å². The molecule has 2 heterocycles. The first kappa shape index (κ1) is 17.8. The molecule has 4 heteroatoms. The highest BCUT2D eigenvalue weighted by Crippen LogP contribution is 2.36. The zero-order valence-electron chi connectivity index (χ0n) is 17.3. The van der Waals surface area contributed by atoms with E-state index < -0.39 is 0 Å². The summed E-state index contributed by atoms with van der Waals surface area (Å²) < 4.78 is 10.8. The number of hydrogen-bond acceptors (Lipinski definition) is 2. The first-order chi connectivity index (χ1) is 12.7. The number of rotatable bonds is 2. The summed E-state index contributed by atoms with van der Waals surface area (Å²) in [4.78, 5) is 4.89. The predicted molar refractivity (Wildman–Crippen MR) is 110 cm³/mol. The molecule has 0 spiro atoms. The van der Waals surface area contributed by atoms with Gasteiger partial charge in [0.1, 0.15) is 11.1 Å². The number of hydrogen-bond donors (Lipinski definition) is 0. The van der Waals surface area contributed by atoms with E-state index in [9.17, 15) is 0 Å². The molecule has 0 bridgehead atoms. The molecule has 4 nitrogen and oxygen atoms in total. The average Bonchev–Trinajstić information content (AvgIpc) is 3.15. The van der Waals surface area contributed by atoms with Crippen molar-refractivity contribution in [3.8, 4) is 11.4 Å². The van der Waals surface area contributed by atoms with Crippen LogP contribution in [-0.2, 0) is 12.6 Å². The van der Waals surface area contributed by atoms with Crippen molar-refractivity contribution in [1.29, 1.82) is 0 Å². The normalized spacial score (nSPS) is 12.6. The third-order valence-corrected chi connectivity index (χ3v) is 5.19. The van der Waals surface area contributed by atoms with Gasteiger partial charge in [0.05, 0.1) is 12.6 Å². The summed E-state index contributed by atoms with van der Waals surface area (Å²) in [7, 11) is 2.14. The first-order valence-electron chi connectivity index (χ1n) is 9.60. The van der Waals surface area contributed by atoms with E-state index in [1.165, 1.54) is 16.6 Å². The van der Waals surface area contributed by atoms with Crippen LogP contribution >= 0.6 is 0 Å².